The van der Waals surface area contributed by atoms with Gasteiger partial charge >= 0.3 is 0 Å². The number of nitrogens with zero attached hydrogens (tertiary/aromatic N) is 1. The second kappa shape index (κ2) is 3.85. The maximum absolute atomic E-state index is 11.7. The molecule has 0 spiro atoms. The maximum atomic E-state index is 11.7. The zero-order valence-electron chi connectivity index (χ0n) is 8.60. The van der Waals surface area contributed by atoms with Crippen molar-refractivity contribution in [1.82, 2.24) is 0 Å². The molecule has 1 aromatic rings. The van der Waals surface area contributed by atoms with E-state index in [1.165, 1.54) is 0 Å². The Morgan fingerprint density at radius 3 is 2.56 bits per heavy atom. The van der Waals surface area contributed by atoms with Crippen molar-refractivity contribution < 1.29 is 13.2 Å². The van der Waals surface area contributed by atoms with E-state index in [4.69, 9.17) is 0 Å². The van der Waals surface area contributed by atoms with Crippen molar-refractivity contribution in [3.8, 4) is 0 Å². The molecule has 0 saturated carbocycles. The first-order valence-electron chi connectivity index (χ1n) is 4.74. The summed E-state index contributed by atoms with van der Waals surface area (Å²) in [7, 11) is -3.46. The molecule has 0 radical (unpaired) electrons. The summed E-state index contributed by atoms with van der Waals surface area (Å²) in [6, 6.07) is 5.15. The molecule has 6 heteroatoms. The van der Waals surface area contributed by atoms with E-state index in [-0.39, 0.29) is 18.1 Å². The van der Waals surface area contributed by atoms with Crippen molar-refractivity contribution in [3.05, 3.63) is 28.2 Å². The SMILES string of the molecule is Cc1cc(Br)ccc1N1C(=O)CCS1(=O)=O. The number of amides is 1. The molecule has 86 valence electrons. The summed E-state index contributed by atoms with van der Waals surface area (Å²) in [5.41, 5.74) is 1.21. The summed E-state index contributed by atoms with van der Waals surface area (Å²) in [5.74, 6) is -0.452. The molecule has 16 heavy (non-hydrogen) atoms. The monoisotopic (exact) mass is 303 g/mol. The van der Waals surface area contributed by atoms with Gasteiger partial charge in [0.05, 0.1) is 11.4 Å². The smallest absolute Gasteiger partial charge is 0.242 e. The van der Waals surface area contributed by atoms with Crippen molar-refractivity contribution >= 4 is 37.5 Å². The Morgan fingerprint density at radius 2 is 2.06 bits per heavy atom. The third kappa shape index (κ3) is 1.87. The maximum Gasteiger partial charge on any atom is 0.242 e. The van der Waals surface area contributed by atoms with Crippen molar-refractivity contribution in [2.24, 2.45) is 0 Å². The van der Waals surface area contributed by atoms with Gasteiger partial charge < -0.3 is 0 Å². The van der Waals surface area contributed by atoms with E-state index >= 15 is 0 Å². The minimum atomic E-state index is -3.46. The standard InChI is InChI=1S/C10H10BrNO3S/c1-7-6-8(11)2-3-9(7)12-10(13)4-5-16(12,14)15/h2-3,6H,4-5H2,1H3. The molecule has 1 aromatic carbocycles. The third-order valence-electron chi connectivity index (χ3n) is 2.46. The fourth-order valence-electron chi connectivity index (χ4n) is 1.70. The normalized spacial score (nSPS) is 19.1. The number of benzene rings is 1. The Morgan fingerprint density at radius 1 is 1.38 bits per heavy atom. The highest BCUT2D eigenvalue weighted by atomic mass is 79.9. The predicted molar refractivity (Wildman–Crippen MR) is 64.8 cm³/mol. The highest BCUT2D eigenvalue weighted by Crippen LogP contribution is 2.29. The molecular formula is C10H10BrNO3S. The molecule has 0 unspecified atom stereocenters. The Labute approximate surface area is 102 Å². The molecule has 0 bridgehead atoms. The Balaban J connectivity index is 2.56. The minimum absolute atomic E-state index is 0.0673. The second-order valence-electron chi connectivity index (χ2n) is 3.65. The predicted octanol–water partition coefficient (Wildman–Crippen LogP) is 1.82. The van der Waals surface area contributed by atoms with Gasteiger partial charge in [-0.05, 0) is 30.7 Å². The van der Waals surface area contributed by atoms with Gasteiger partial charge in [0.1, 0.15) is 0 Å². The Hall–Kier alpha value is -0.880. The Bertz CT molecular complexity index is 553. The van der Waals surface area contributed by atoms with Gasteiger partial charge in [0.2, 0.25) is 15.9 Å². The van der Waals surface area contributed by atoms with Gasteiger partial charge in [-0.2, -0.15) is 0 Å². The van der Waals surface area contributed by atoms with Crippen LogP contribution in [0.4, 0.5) is 5.69 Å². The molecule has 2 rings (SSSR count). The minimum Gasteiger partial charge on any atom is -0.273 e. The Kier molecular flexibility index (Phi) is 2.79. The van der Waals surface area contributed by atoms with Crippen LogP contribution in [0.3, 0.4) is 0 Å². The van der Waals surface area contributed by atoms with Crippen molar-refractivity contribution in [2.45, 2.75) is 13.3 Å². The van der Waals surface area contributed by atoms with Crippen LogP contribution in [0.25, 0.3) is 0 Å². The number of aryl methyl sites for hydroxylation is 1. The number of carbonyl (C=O) groups is 1. The third-order valence-corrected chi connectivity index (χ3v) is 4.63. The van der Waals surface area contributed by atoms with Gasteiger partial charge in [-0.1, -0.05) is 15.9 Å². The number of hydrogen-bond acceptors (Lipinski definition) is 3. The van der Waals surface area contributed by atoms with Gasteiger partial charge in [-0.25, -0.2) is 12.7 Å². The van der Waals surface area contributed by atoms with E-state index in [2.05, 4.69) is 15.9 Å². The van der Waals surface area contributed by atoms with E-state index in [9.17, 15) is 13.2 Å². The van der Waals surface area contributed by atoms with Crippen molar-refractivity contribution in [2.75, 3.05) is 10.1 Å². The van der Waals surface area contributed by atoms with Gasteiger partial charge in [0.25, 0.3) is 0 Å². The van der Waals surface area contributed by atoms with Crippen LogP contribution >= 0.6 is 15.9 Å². The van der Waals surface area contributed by atoms with Crippen molar-refractivity contribution in [3.63, 3.8) is 0 Å². The molecule has 0 aliphatic carbocycles. The number of hydrogen-bond donors (Lipinski definition) is 0. The summed E-state index contributed by atoms with van der Waals surface area (Å²) in [6.07, 6.45) is 0.0673. The number of anilines is 1. The zero-order chi connectivity index (χ0) is 11.9. The highest BCUT2D eigenvalue weighted by Gasteiger charge is 2.36. The van der Waals surface area contributed by atoms with Crippen LogP contribution in [0.5, 0.6) is 0 Å². The lowest BCUT2D eigenvalue weighted by Gasteiger charge is -2.17. The summed E-state index contributed by atoms with van der Waals surface area (Å²) < 4.78 is 25.2. The topological polar surface area (TPSA) is 54.5 Å². The van der Waals surface area contributed by atoms with E-state index in [0.717, 1.165) is 14.3 Å². The summed E-state index contributed by atoms with van der Waals surface area (Å²) in [6.45, 7) is 1.78. The molecule has 1 aliphatic rings. The second-order valence-corrected chi connectivity index (χ2v) is 6.51. The van der Waals surface area contributed by atoms with Gasteiger partial charge in [-0.15, -0.1) is 0 Å². The lowest BCUT2D eigenvalue weighted by Crippen LogP contribution is -2.29. The van der Waals surface area contributed by atoms with E-state index in [1.54, 1.807) is 25.1 Å². The summed E-state index contributed by atoms with van der Waals surface area (Å²) in [4.78, 5) is 11.6. The van der Waals surface area contributed by atoms with E-state index in [1.807, 2.05) is 0 Å². The summed E-state index contributed by atoms with van der Waals surface area (Å²) >= 11 is 3.30. The van der Waals surface area contributed by atoms with Crippen molar-refractivity contribution in [1.29, 1.82) is 0 Å². The lowest BCUT2D eigenvalue weighted by atomic mass is 10.2. The van der Waals surface area contributed by atoms with Crippen LogP contribution in [-0.4, -0.2) is 20.1 Å². The number of halogens is 1. The number of rotatable bonds is 1. The highest BCUT2D eigenvalue weighted by molar-refractivity contribution is 9.10. The average Bonchev–Trinajstić information content (AvgIpc) is 2.43. The van der Waals surface area contributed by atoms with Crippen LogP contribution in [0, 0.1) is 6.92 Å². The molecule has 1 aliphatic heterocycles. The summed E-state index contributed by atoms with van der Waals surface area (Å²) in [5, 5.41) is 0. The molecule has 1 fully saturated rings. The van der Waals surface area contributed by atoms with Crippen LogP contribution in [0.15, 0.2) is 22.7 Å². The molecule has 4 nitrogen and oxygen atoms in total. The largest absolute Gasteiger partial charge is 0.273 e. The molecule has 1 amide bonds. The molecule has 1 heterocycles. The van der Waals surface area contributed by atoms with Gasteiger partial charge in [0.15, 0.2) is 0 Å². The van der Waals surface area contributed by atoms with Crippen LogP contribution in [0.1, 0.15) is 12.0 Å². The fourth-order valence-corrected chi connectivity index (χ4v) is 3.69. The molecule has 0 N–H and O–H groups in total. The quantitative estimate of drug-likeness (QED) is 0.795. The average molecular weight is 304 g/mol. The van der Waals surface area contributed by atoms with E-state index in [0.29, 0.717) is 5.69 Å². The van der Waals surface area contributed by atoms with E-state index < -0.39 is 10.0 Å². The number of carbonyl (C=O) groups excluding carboxylic acids is 1. The molecule has 0 aromatic heterocycles. The molecule has 1 saturated heterocycles. The van der Waals surface area contributed by atoms with Gasteiger partial charge in [-0.3, -0.25) is 4.79 Å². The molecular weight excluding hydrogens is 294 g/mol. The van der Waals surface area contributed by atoms with Gasteiger partial charge in [0, 0.05) is 10.9 Å². The molecule has 0 atom stereocenters. The lowest BCUT2D eigenvalue weighted by molar-refractivity contribution is -0.116. The first-order valence-corrected chi connectivity index (χ1v) is 7.14. The first kappa shape index (κ1) is 11.6. The fraction of sp³-hybridized carbons (Fsp3) is 0.300. The zero-order valence-corrected chi connectivity index (χ0v) is 11.0. The van der Waals surface area contributed by atoms with Crippen LogP contribution < -0.4 is 4.31 Å². The van der Waals surface area contributed by atoms with Crippen LogP contribution in [0.2, 0.25) is 0 Å². The number of sulfonamides is 1. The first-order chi connectivity index (χ1) is 7.42. The van der Waals surface area contributed by atoms with Crippen LogP contribution in [-0.2, 0) is 14.8 Å².